The number of methoxy groups -OCH3 is 3. The van der Waals surface area contributed by atoms with Crippen molar-refractivity contribution in [2.24, 2.45) is 0 Å². The fraction of sp³-hybridized carbons (Fsp3) is 0.207. The van der Waals surface area contributed by atoms with Crippen LogP contribution < -0.4 is 24.8 Å². The highest BCUT2D eigenvalue weighted by atomic mass is 35.5. The topological polar surface area (TPSA) is 99.5 Å². The number of rotatable bonds is 9. The van der Waals surface area contributed by atoms with Crippen LogP contribution in [-0.2, 0) is 10.5 Å². The smallest absolute Gasteiger partial charge is 0.255 e. The van der Waals surface area contributed by atoms with E-state index in [0.29, 0.717) is 56.1 Å². The number of carbonyl (C=O) groups excluding carboxylic acids is 1. The quantitative estimate of drug-likeness (QED) is 0.228. The Morgan fingerprint density at radius 3 is 2.38 bits per heavy atom. The van der Waals surface area contributed by atoms with E-state index in [1.54, 1.807) is 56.3 Å². The Labute approximate surface area is 241 Å². The van der Waals surface area contributed by atoms with Crippen molar-refractivity contribution in [2.45, 2.75) is 23.9 Å². The van der Waals surface area contributed by atoms with E-state index in [4.69, 9.17) is 35.9 Å². The fourth-order valence-corrected chi connectivity index (χ4v) is 5.33. The fourth-order valence-electron chi connectivity index (χ4n) is 4.42. The number of thioether (sulfide) groups is 1. The Morgan fingerprint density at radius 2 is 1.70 bits per heavy atom. The maximum atomic E-state index is 13.8. The Balaban J connectivity index is 1.52. The molecule has 1 aliphatic rings. The minimum absolute atomic E-state index is 0.283. The van der Waals surface area contributed by atoms with Gasteiger partial charge in [-0.3, -0.25) is 4.79 Å². The number of ether oxygens (including phenoxy) is 3. The van der Waals surface area contributed by atoms with Crippen molar-refractivity contribution in [3.05, 3.63) is 94.1 Å². The summed E-state index contributed by atoms with van der Waals surface area (Å²) < 4.78 is 18.1. The van der Waals surface area contributed by atoms with Crippen LogP contribution in [0.15, 0.2) is 83.2 Å². The van der Waals surface area contributed by atoms with Crippen LogP contribution in [0.3, 0.4) is 0 Å². The number of allylic oxidation sites excluding steroid dienone is 1. The Hall–Kier alpha value is -4.15. The number of aromatic nitrogens is 3. The van der Waals surface area contributed by atoms with Crippen molar-refractivity contribution in [1.29, 1.82) is 0 Å². The van der Waals surface area contributed by atoms with Gasteiger partial charge in [0.15, 0.2) is 0 Å². The van der Waals surface area contributed by atoms with E-state index in [9.17, 15) is 4.79 Å². The molecule has 0 radical (unpaired) electrons. The highest BCUT2D eigenvalue weighted by molar-refractivity contribution is 7.98. The monoisotopic (exact) mass is 577 g/mol. The number of nitrogens with zero attached hydrogens (tertiary/aromatic N) is 3. The van der Waals surface area contributed by atoms with E-state index < -0.39 is 6.04 Å². The molecule has 9 nitrogen and oxygen atoms in total. The highest BCUT2D eigenvalue weighted by Gasteiger charge is 2.36. The first-order valence-corrected chi connectivity index (χ1v) is 13.8. The molecule has 0 bridgehead atoms. The van der Waals surface area contributed by atoms with E-state index in [2.05, 4.69) is 10.6 Å². The van der Waals surface area contributed by atoms with Gasteiger partial charge in [0.1, 0.15) is 23.3 Å². The number of fused-ring (bicyclic) bond motifs is 1. The molecule has 2 N–H and O–H groups in total. The number of carbonyl (C=O) groups is 1. The van der Waals surface area contributed by atoms with Crippen molar-refractivity contribution < 1.29 is 19.0 Å². The van der Waals surface area contributed by atoms with Gasteiger partial charge in [0.05, 0.1) is 26.9 Å². The number of halogens is 1. The molecule has 1 amide bonds. The third kappa shape index (κ3) is 5.73. The van der Waals surface area contributed by atoms with E-state index in [-0.39, 0.29) is 5.91 Å². The summed E-state index contributed by atoms with van der Waals surface area (Å²) in [5.74, 6) is 2.80. The van der Waals surface area contributed by atoms with Gasteiger partial charge in [-0.05, 0) is 61.0 Å². The number of hydrogen-bond donors (Lipinski definition) is 2. The molecule has 1 atom stereocenters. The van der Waals surface area contributed by atoms with Crippen LogP contribution in [0, 0.1) is 0 Å². The van der Waals surface area contributed by atoms with Gasteiger partial charge in [-0.15, -0.1) is 5.10 Å². The van der Waals surface area contributed by atoms with Gasteiger partial charge in [-0.2, -0.15) is 4.98 Å². The third-order valence-electron chi connectivity index (χ3n) is 6.44. The number of nitrogens with one attached hydrogen (secondary N) is 2. The lowest BCUT2D eigenvalue weighted by atomic mass is 9.94. The molecule has 3 aromatic carbocycles. The Bertz CT molecular complexity index is 1550. The van der Waals surface area contributed by atoms with Crippen molar-refractivity contribution in [2.75, 3.05) is 32.0 Å². The summed E-state index contributed by atoms with van der Waals surface area (Å²) in [6, 6.07) is 19.7. The molecule has 1 aliphatic heterocycles. The van der Waals surface area contributed by atoms with Crippen LogP contribution in [0.25, 0.3) is 0 Å². The normalized spacial score (nSPS) is 14.3. The van der Waals surface area contributed by atoms with Gasteiger partial charge in [-0.25, -0.2) is 4.68 Å². The number of anilines is 2. The predicted octanol–water partition coefficient (Wildman–Crippen LogP) is 6.18. The van der Waals surface area contributed by atoms with E-state index in [1.807, 2.05) is 43.3 Å². The molecule has 4 aromatic rings. The molecule has 5 rings (SSSR count). The maximum absolute atomic E-state index is 13.8. The third-order valence-corrected chi connectivity index (χ3v) is 7.60. The number of amides is 1. The Kier molecular flexibility index (Phi) is 8.18. The second kappa shape index (κ2) is 11.9. The second-order valence-electron chi connectivity index (χ2n) is 8.93. The van der Waals surface area contributed by atoms with E-state index in [1.165, 1.54) is 11.8 Å². The van der Waals surface area contributed by atoms with Crippen LogP contribution in [-0.4, -0.2) is 42.0 Å². The first kappa shape index (κ1) is 27.4. The molecule has 2 heterocycles. The van der Waals surface area contributed by atoms with Gasteiger partial charge < -0.3 is 24.8 Å². The van der Waals surface area contributed by atoms with Crippen LogP contribution in [0.1, 0.15) is 24.1 Å². The number of hydrogen-bond acceptors (Lipinski definition) is 8. The second-order valence-corrected chi connectivity index (χ2v) is 10.3. The molecule has 0 fully saturated rings. The average molecular weight is 578 g/mol. The van der Waals surface area contributed by atoms with Crippen LogP contribution in [0.4, 0.5) is 11.6 Å². The summed E-state index contributed by atoms with van der Waals surface area (Å²) in [5.41, 5.74) is 3.60. The summed E-state index contributed by atoms with van der Waals surface area (Å²) in [4.78, 5) is 18.5. The molecule has 0 saturated carbocycles. The Morgan fingerprint density at radius 1 is 1.00 bits per heavy atom. The molecular weight excluding hydrogens is 550 g/mol. The minimum Gasteiger partial charge on any atom is -0.497 e. The molecule has 0 unspecified atom stereocenters. The molecular formula is C29H28ClN5O4S. The standard InChI is InChI=1S/C29H28ClN5O4S/c1-17-25(27(36)32-20-9-11-21(37-2)12-10-20)26(23-14-13-22(38-3)15-24(23)39-4)35-28(31-17)33-29(34-35)40-16-18-5-7-19(30)8-6-18/h5-15,26H,16H2,1-4H3,(H,32,36)(H,31,33,34)/t26-/m1/s1. The molecule has 11 heteroatoms. The largest absolute Gasteiger partial charge is 0.497 e. The maximum Gasteiger partial charge on any atom is 0.255 e. The van der Waals surface area contributed by atoms with E-state index in [0.717, 1.165) is 11.1 Å². The number of benzene rings is 3. The van der Waals surface area contributed by atoms with Gasteiger partial charge in [0, 0.05) is 33.8 Å². The van der Waals surface area contributed by atoms with Gasteiger partial charge >= 0.3 is 0 Å². The van der Waals surface area contributed by atoms with Crippen molar-refractivity contribution >= 4 is 40.9 Å². The van der Waals surface area contributed by atoms with Crippen LogP contribution in [0.5, 0.6) is 17.2 Å². The average Bonchev–Trinajstić information content (AvgIpc) is 3.38. The summed E-state index contributed by atoms with van der Waals surface area (Å²) in [6.45, 7) is 1.85. The zero-order valence-electron chi connectivity index (χ0n) is 22.4. The lowest BCUT2D eigenvalue weighted by Gasteiger charge is -2.29. The van der Waals surface area contributed by atoms with Crippen LogP contribution in [0.2, 0.25) is 5.02 Å². The first-order chi connectivity index (χ1) is 19.4. The zero-order valence-corrected chi connectivity index (χ0v) is 24.0. The summed E-state index contributed by atoms with van der Waals surface area (Å²) >= 11 is 7.52. The zero-order chi connectivity index (χ0) is 28.2. The van der Waals surface area contributed by atoms with Gasteiger partial charge in [0.25, 0.3) is 5.91 Å². The highest BCUT2D eigenvalue weighted by Crippen LogP contribution is 2.41. The van der Waals surface area contributed by atoms with Crippen molar-refractivity contribution in [3.8, 4) is 17.2 Å². The summed E-state index contributed by atoms with van der Waals surface area (Å²) in [6.07, 6.45) is 0. The molecule has 1 aromatic heterocycles. The molecule has 0 spiro atoms. The van der Waals surface area contributed by atoms with Crippen molar-refractivity contribution in [1.82, 2.24) is 14.8 Å². The van der Waals surface area contributed by atoms with E-state index >= 15 is 0 Å². The first-order valence-electron chi connectivity index (χ1n) is 12.4. The minimum atomic E-state index is -0.618. The molecule has 0 aliphatic carbocycles. The summed E-state index contributed by atoms with van der Waals surface area (Å²) in [7, 11) is 4.78. The molecule has 40 heavy (non-hydrogen) atoms. The van der Waals surface area contributed by atoms with Crippen LogP contribution >= 0.6 is 23.4 Å². The molecule has 0 saturated heterocycles. The van der Waals surface area contributed by atoms with Crippen molar-refractivity contribution in [3.63, 3.8) is 0 Å². The van der Waals surface area contributed by atoms with Gasteiger partial charge in [0.2, 0.25) is 11.1 Å². The van der Waals surface area contributed by atoms with Gasteiger partial charge in [-0.1, -0.05) is 35.5 Å². The summed E-state index contributed by atoms with van der Waals surface area (Å²) in [5, 5.41) is 12.4. The lowest BCUT2D eigenvalue weighted by molar-refractivity contribution is -0.113. The SMILES string of the molecule is COc1ccc(NC(=O)C2=C(C)Nc3nc(SCc4ccc(Cl)cc4)nn3[C@@H]2c2ccc(OC)cc2OC)cc1. The molecule has 206 valence electrons. The lowest BCUT2D eigenvalue weighted by Crippen LogP contribution is -2.31. The predicted molar refractivity (Wildman–Crippen MR) is 157 cm³/mol.